The molecule has 1 aromatic rings. The van der Waals surface area contributed by atoms with Crippen LogP contribution in [0.2, 0.25) is 0 Å². The molecular formula is C13H15F2NO3S. The standard InChI is InChI=1S/C13H15F2NO3S/c1-2-16(10-5-6-20(18,19)8-10)13(17)9-3-4-11(14)12(15)7-9/h3-4,7,10H,2,5-6,8H2,1H3. The largest absolute Gasteiger partial charge is 0.335 e. The predicted octanol–water partition coefficient (Wildman–Crippen LogP) is 1.61. The van der Waals surface area contributed by atoms with Crippen molar-refractivity contribution in [1.82, 2.24) is 4.90 Å². The smallest absolute Gasteiger partial charge is 0.254 e. The summed E-state index contributed by atoms with van der Waals surface area (Å²) in [5.41, 5.74) is 0.0232. The molecule has 0 saturated carbocycles. The highest BCUT2D eigenvalue weighted by atomic mass is 32.2. The zero-order chi connectivity index (χ0) is 14.9. The first kappa shape index (κ1) is 14.9. The van der Waals surface area contributed by atoms with E-state index in [1.165, 1.54) is 11.0 Å². The van der Waals surface area contributed by atoms with E-state index < -0.39 is 33.4 Å². The molecule has 1 fully saturated rings. The summed E-state index contributed by atoms with van der Waals surface area (Å²) in [4.78, 5) is 13.7. The summed E-state index contributed by atoms with van der Waals surface area (Å²) in [7, 11) is -3.11. The average molecular weight is 303 g/mol. The number of benzene rings is 1. The number of carbonyl (C=O) groups is 1. The highest BCUT2D eigenvalue weighted by Crippen LogP contribution is 2.20. The average Bonchev–Trinajstić information content (AvgIpc) is 2.74. The van der Waals surface area contributed by atoms with E-state index in [1.54, 1.807) is 6.92 Å². The minimum absolute atomic E-state index is 0.0232. The molecule has 0 radical (unpaired) electrons. The molecule has 1 aliphatic heterocycles. The molecule has 1 aliphatic rings. The van der Waals surface area contributed by atoms with E-state index in [0.29, 0.717) is 13.0 Å². The van der Waals surface area contributed by atoms with Crippen molar-refractivity contribution in [3.05, 3.63) is 35.4 Å². The van der Waals surface area contributed by atoms with Crippen LogP contribution in [-0.2, 0) is 9.84 Å². The maximum atomic E-state index is 13.2. The van der Waals surface area contributed by atoms with Gasteiger partial charge in [0.1, 0.15) is 0 Å². The van der Waals surface area contributed by atoms with Crippen molar-refractivity contribution in [1.29, 1.82) is 0 Å². The van der Waals surface area contributed by atoms with E-state index in [0.717, 1.165) is 12.1 Å². The van der Waals surface area contributed by atoms with Gasteiger partial charge in [0.15, 0.2) is 21.5 Å². The van der Waals surface area contributed by atoms with Gasteiger partial charge in [0, 0.05) is 18.2 Å². The number of carbonyl (C=O) groups excluding carboxylic acids is 1. The van der Waals surface area contributed by atoms with Crippen LogP contribution in [0.5, 0.6) is 0 Å². The molecule has 0 N–H and O–H groups in total. The minimum atomic E-state index is -3.11. The number of hydrogen-bond acceptors (Lipinski definition) is 3. The molecule has 0 bridgehead atoms. The maximum absolute atomic E-state index is 13.2. The fourth-order valence-electron chi connectivity index (χ4n) is 2.38. The Morgan fingerprint density at radius 1 is 1.35 bits per heavy atom. The van der Waals surface area contributed by atoms with Crippen LogP contribution in [0.4, 0.5) is 8.78 Å². The van der Waals surface area contributed by atoms with Gasteiger partial charge in [0.2, 0.25) is 0 Å². The Bertz CT molecular complexity index is 631. The molecule has 4 nitrogen and oxygen atoms in total. The fraction of sp³-hybridized carbons (Fsp3) is 0.462. The van der Waals surface area contributed by atoms with Crippen LogP contribution in [0.1, 0.15) is 23.7 Å². The monoisotopic (exact) mass is 303 g/mol. The quantitative estimate of drug-likeness (QED) is 0.852. The molecule has 0 aromatic heterocycles. The van der Waals surface area contributed by atoms with Crippen molar-refractivity contribution in [2.45, 2.75) is 19.4 Å². The van der Waals surface area contributed by atoms with Gasteiger partial charge in [0.25, 0.3) is 5.91 Å². The number of rotatable bonds is 3. The molecule has 1 aromatic carbocycles. The topological polar surface area (TPSA) is 54.5 Å². The maximum Gasteiger partial charge on any atom is 0.254 e. The summed E-state index contributed by atoms with van der Waals surface area (Å²) in [5.74, 6) is -2.61. The molecule has 0 spiro atoms. The Morgan fingerprint density at radius 3 is 2.55 bits per heavy atom. The second-order valence-electron chi connectivity index (χ2n) is 4.78. The van der Waals surface area contributed by atoms with Gasteiger partial charge in [-0.05, 0) is 31.5 Å². The number of amides is 1. The molecule has 20 heavy (non-hydrogen) atoms. The van der Waals surface area contributed by atoms with E-state index in [9.17, 15) is 22.0 Å². The van der Waals surface area contributed by atoms with Crippen molar-refractivity contribution >= 4 is 15.7 Å². The Kier molecular flexibility index (Phi) is 4.08. The Balaban J connectivity index is 2.23. The summed E-state index contributed by atoms with van der Waals surface area (Å²) in [6.07, 6.45) is 0.381. The zero-order valence-corrected chi connectivity index (χ0v) is 11.8. The van der Waals surface area contributed by atoms with Gasteiger partial charge in [-0.25, -0.2) is 17.2 Å². The second kappa shape index (κ2) is 5.47. The van der Waals surface area contributed by atoms with E-state index in [-0.39, 0.29) is 17.1 Å². The van der Waals surface area contributed by atoms with Crippen molar-refractivity contribution in [2.24, 2.45) is 0 Å². The summed E-state index contributed by atoms with van der Waals surface area (Å²) in [6, 6.07) is 2.53. The van der Waals surface area contributed by atoms with E-state index >= 15 is 0 Å². The molecule has 0 aliphatic carbocycles. The third-order valence-electron chi connectivity index (χ3n) is 3.42. The number of halogens is 2. The van der Waals surface area contributed by atoms with Crippen molar-refractivity contribution in [2.75, 3.05) is 18.1 Å². The fourth-order valence-corrected chi connectivity index (χ4v) is 4.11. The van der Waals surface area contributed by atoms with E-state index in [2.05, 4.69) is 0 Å². The first-order chi connectivity index (χ1) is 9.34. The lowest BCUT2D eigenvalue weighted by atomic mass is 10.1. The molecule has 1 amide bonds. The second-order valence-corrected chi connectivity index (χ2v) is 7.01. The van der Waals surface area contributed by atoms with Crippen LogP contribution in [0.3, 0.4) is 0 Å². The van der Waals surface area contributed by atoms with E-state index in [1.807, 2.05) is 0 Å². The molecule has 7 heteroatoms. The molecule has 2 rings (SSSR count). The Morgan fingerprint density at radius 2 is 2.05 bits per heavy atom. The lowest BCUT2D eigenvalue weighted by molar-refractivity contribution is 0.0707. The third-order valence-corrected chi connectivity index (χ3v) is 5.17. The van der Waals surface area contributed by atoms with Gasteiger partial charge in [0.05, 0.1) is 11.5 Å². The Labute approximate surface area is 116 Å². The molecule has 110 valence electrons. The van der Waals surface area contributed by atoms with Gasteiger partial charge in [-0.1, -0.05) is 0 Å². The van der Waals surface area contributed by atoms with Crippen LogP contribution in [0.25, 0.3) is 0 Å². The lowest BCUT2D eigenvalue weighted by Gasteiger charge is -2.27. The van der Waals surface area contributed by atoms with Crippen molar-refractivity contribution in [3.63, 3.8) is 0 Å². The first-order valence-corrected chi connectivity index (χ1v) is 8.12. The van der Waals surface area contributed by atoms with Gasteiger partial charge in [-0.3, -0.25) is 4.79 Å². The number of nitrogens with zero attached hydrogens (tertiary/aromatic N) is 1. The van der Waals surface area contributed by atoms with Gasteiger partial charge in [-0.15, -0.1) is 0 Å². The van der Waals surface area contributed by atoms with Crippen molar-refractivity contribution < 1.29 is 22.0 Å². The number of hydrogen-bond donors (Lipinski definition) is 0. The number of sulfone groups is 1. The first-order valence-electron chi connectivity index (χ1n) is 6.30. The highest BCUT2D eigenvalue weighted by Gasteiger charge is 2.34. The lowest BCUT2D eigenvalue weighted by Crippen LogP contribution is -2.41. The third kappa shape index (κ3) is 2.98. The van der Waals surface area contributed by atoms with Crippen molar-refractivity contribution in [3.8, 4) is 0 Å². The van der Waals surface area contributed by atoms with Gasteiger partial charge in [-0.2, -0.15) is 0 Å². The Hall–Kier alpha value is -1.50. The molecule has 1 unspecified atom stereocenters. The SMILES string of the molecule is CCN(C(=O)c1ccc(F)c(F)c1)C1CCS(=O)(=O)C1. The summed E-state index contributed by atoms with van der Waals surface area (Å²) >= 11 is 0. The predicted molar refractivity (Wildman–Crippen MR) is 70.1 cm³/mol. The van der Waals surface area contributed by atoms with Crippen LogP contribution in [0, 0.1) is 11.6 Å². The molecule has 1 heterocycles. The normalized spacial score (nSPS) is 20.9. The summed E-state index contributed by atoms with van der Waals surface area (Å²) in [6.45, 7) is 2.04. The minimum Gasteiger partial charge on any atom is -0.335 e. The van der Waals surface area contributed by atoms with Gasteiger partial charge >= 0.3 is 0 Å². The van der Waals surface area contributed by atoms with Crippen LogP contribution in [0.15, 0.2) is 18.2 Å². The molecule has 1 atom stereocenters. The van der Waals surface area contributed by atoms with Crippen LogP contribution < -0.4 is 0 Å². The molecule has 1 saturated heterocycles. The zero-order valence-electron chi connectivity index (χ0n) is 11.0. The van der Waals surface area contributed by atoms with Gasteiger partial charge < -0.3 is 4.90 Å². The van der Waals surface area contributed by atoms with E-state index in [4.69, 9.17) is 0 Å². The summed E-state index contributed by atoms with van der Waals surface area (Å²) in [5, 5.41) is 0. The highest BCUT2D eigenvalue weighted by molar-refractivity contribution is 7.91. The van der Waals surface area contributed by atoms with Crippen LogP contribution in [-0.4, -0.2) is 43.3 Å². The summed E-state index contributed by atoms with van der Waals surface area (Å²) < 4.78 is 49.0. The van der Waals surface area contributed by atoms with Crippen LogP contribution >= 0.6 is 0 Å². The molecular weight excluding hydrogens is 288 g/mol.